The van der Waals surface area contributed by atoms with Gasteiger partial charge in [0.2, 0.25) is 0 Å². The number of rotatable bonds is 7. The number of allylic oxidation sites excluding steroid dienone is 1. The van der Waals surface area contributed by atoms with Crippen molar-refractivity contribution in [3.63, 3.8) is 0 Å². The summed E-state index contributed by atoms with van der Waals surface area (Å²) in [7, 11) is 0. The van der Waals surface area contributed by atoms with E-state index in [9.17, 15) is 4.79 Å². The Bertz CT molecular complexity index is 945. The van der Waals surface area contributed by atoms with Crippen LogP contribution in [0.15, 0.2) is 71.7 Å². The van der Waals surface area contributed by atoms with Gasteiger partial charge < -0.3 is 14.5 Å². The number of amides is 1. The van der Waals surface area contributed by atoms with Crippen molar-refractivity contribution in [3.8, 4) is 5.75 Å². The number of furan rings is 1. The summed E-state index contributed by atoms with van der Waals surface area (Å²) < 4.78 is 11.4. The molecule has 1 heterocycles. The van der Waals surface area contributed by atoms with Crippen LogP contribution >= 0.6 is 23.2 Å². The molecule has 0 fully saturated rings. The Kier molecular flexibility index (Phi) is 6.22. The summed E-state index contributed by atoms with van der Waals surface area (Å²) in [4.78, 5) is 12.4. The molecule has 0 aliphatic heterocycles. The maximum absolute atomic E-state index is 12.4. The van der Waals surface area contributed by atoms with E-state index in [0.717, 1.165) is 11.3 Å². The molecule has 138 valence electrons. The number of hydrogen-bond acceptors (Lipinski definition) is 3. The van der Waals surface area contributed by atoms with Gasteiger partial charge in [0.05, 0.1) is 15.7 Å². The molecule has 3 rings (SSSR count). The highest BCUT2D eigenvalue weighted by Crippen LogP contribution is 2.30. The van der Waals surface area contributed by atoms with Crippen molar-refractivity contribution in [2.75, 3.05) is 5.32 Å². The molecule has 0 spiro atoms. The van der Waals surface area contributed by atoms with Crippen LogP contribution in [-0.4, -0.2) is 5.91 Å². The zero-order valence-electron chi connectivity index (χ0n) is 14.4. The minimum atomic E-state index is -0.441. The quantitative estimate of drug-likeness (QED) is 0.483. The normalized spacial score (nSPS) is 10.4. The van der Waals surface area contributed by atoms with Gasteiger partial charge in [-0.15, -0.1) is 6.58 Å². The lowest BCUT2D eigenvalue weighted by Crippen LogP contribution is -2.11. The molecule has 0 bridgehead atoms. The SMILES string of the molecule is C=CCc1ccccc1OCc1ccc(C(=O)Nc2c(Cl)cccc2Cl)o1. The zero-order chi connectivity index (χ0) is 19.2. The standard InChI is InChI=1S/C21H17Cl2NO3/c1-2-6-14-7-3-4-10-18(14)26-13-15-11-12-19(27-15)21(25)24-20-16(22)8-5-9-17(20)23/h2-5,7-12H,1,6,13H2,(H,24,25). The van der Waals surface area contributed by atoms with Gasteiger partial charge in [0.1, 0.15) is 18.1 Å². The van der Waals surface area contributed by atoms with Gasteiger partial charge in [-0.05, 0) is 42.3 Å². The summed E-state index contributed by atoms with van der Waals surface area (Å²) in [5.41, 5.74) is 1.38. The Morgan fingerprint density at radius 1 is 1.07 bits per heavy atom. The number of anilines is 1. The molecule has 0 saturated carbocycles. The lowest BCUT2D eigenvalue weighted by molar-refractivity contribution is 0.0992. The molecule has 0 saturated heterocycles. The number of carbonyl (C=O) groups is 1. The first-order chi connectivity index (χ1) is 13.1. The van der Waals surface area contributed by atoms with Gasteiger partial charge in [-0.3, -0.25) is 4.79 Å². The summed E-state index contributed by atoms with van der Waals surface area (Å²) in [5, 5.41) is 3.36. The smallest absolute Gasteiger partial charge is 0.291 e. The number of carbonyl (C=O) groups excluding carboxylic acids is 1. The average molecular weight is 402 g/mol. The van der Waals surface area contributed by atoms with E-state index in [0.29, 0.717) is 27.9 Å². The van der Waals surface area contributed by atoms with E-state index in [2.05, 4.69) is 11.9 Å². The van der Waals surface area contributed by atoms with Crippen LogP contribution in [0.1, 0.15) is 21.9 Å². The van der Waals surface area contributed by atoms with Crippen LogP contribution in [0.4, 0.5) is 5.69 Å². The highest BCUT2D eigenvalue weighted by Gasteiger charge is 2.15. The number of ether oxygens (including phenoxy) is 1. The summed E-state index contributed by atoms with van der Waals surface area (Å²) >= 11 is 12.1. The van der Waals surface area contributed by atoms with E-state index in [1.807, 2.05) is 30.3 Å². The molecule has 0 aliphatic rings. The van der Waals surface area contributed by atoms with Crippen LogP contribution in [0.3, 0.4) is 0 Å². The third kappa shape index (κ3) is 4.73. The number of para-hydroxylation sites is 2. The highest BCUT2D eigenvalue weighted by molar-refractivity contribution is 6.39. The van der Waals surface area contributed by atoms with Crippen LogP contribution in [0.2, 0.25) is 10.0 Å². The molecule has 27 heavy (non-hydrogen) atoms. The van der Waals surface area contributed by atoms with E-state index in [1.165, 1.54) is 0 Å². The molecule has 2 aromatic carbocycles. The average Bonchev–Trinajstić information content (AvgIpc) is 3.13. The van der Waals surface area contributed by atoms with Crippen LogP contribution in [0.25, 0.3) is 0 Å². The van der Waals surface area contributed by atoms with E-state index in [1.54, 1.807) is 30.3 Å². The first-order valence-corrected chi connectivity index (χ1v) is 8.99. The van der Waals surface area contributed by atoms with Gasteiger partial charge in [0.25, 0.3) is 5.91 Å². The fraction of sp³-hybridized carbons (Fsp3) is 0.0952. The second kappa shape index (κ2) is 8.80. The maximum atomic E-state index is 12.4. The van der Waals surface area contributed by atoms with Crippen molar-refractivity contribution in [3.05, 3.63) is 94.4 Å². The minimum absolute atomic E-state index is 0.143. The Morgan fingerprint density at radius 2 is 1.81 bits per heavy atom. The van der Waals surface area contributed by atoms with E-state index in [-0.39, 0.29) is 12.4 Å². The molecule has 6 heteroatoms. The van der Waals surface area contributed by atoms with Crippen LogP contribution < -0.4 is 10.1 Å². The molecule has 0 unspecified atom stereocenters. The molecule has 0 radical (unpaired) electrons. The molecule has 1 amide bonds. The fourth-order valence-electron chi connectivity index (χ4n) is 2.49. The third-order valence-corrected chi connectivity index (χ3v) is 4.42. The Balaban J connectivity index is 1.66. The number of benzene rings is 2. The predicted molar refractivity (Wildman–Crippen MR) is 108 cm³/mol. The molecule has 0 aliphatic carbocycles. The predicted octanol–water partition coefficient (Wildman–Crippen LogP) is 6.15. The topological polar surface area (TPSA) is 51.5 Å². The molecule has 1 aromatic heterocycles. The number of hydrogen-bond donors (Lipinski definition) is 1. The second-order valence-electron chi connectivity index (χ2n) is 5.71. The lowest BCUT2D eigenvalue weighted by atomic mass is 10.1. The summed E-state index contributed by atoms with van der Waals surface area (Å²) in [6, 6.07) is 16.0. The lowest BCUT2D eigenvalue weighted by Gasteiger charge is -2.09. The molecule has 1 N–H and O–H groups in total. The highest BCUT2D eigenvalue weighted by atomic mass is 35.5. The summed E-state index contributed by atoms with van der Waals surface area (Å²) in [6.45, 7) is 3.95. The van der Waals surface area contributed by atoms with Crippen LogP contribution in [-0.2, 0) is 13.0 Å². The van der Waals surface area contributed by atoms with Gasteiger partial charge in [-0.1, -0.05) is 53.5 Å². The van der Waals surface area contributed by atoms with Crippen molar-refractivity contribution >= 4 is 34.8 Å². The van der Waals surface area contributed by atoms with Crippen molar-refractivity contribution in [1.29, 1.82) is 0 Å². The third-order valence-electron chi connectivity index (χ3n) is 3.79. The van der Waals surface area contributed by atoms with Crippen molar-refractivity contribution in [2.24, 2.45) is 0 Å². The van der Waals surface area contributed by atoms with Gasteiger partial charge >= 0.3 is 0 Å². The van der Waals surface area contributed by atoms with Crippen molar-refractivity contribution < 1.29 is 13.9 Å². The Morgan fingerprint density at radius 3 is 2.56 bits per heavy atom. The molecule has 3 aromatic rings. The molecule has 4 nitrogen and oxygen atoms in total. The molecule has 0 atom stereocenters. The van der Waals surface area contributed by atoms with Gasteiger partial charge in [0, 0.05) is 0 Å². The molecular formula is C21H17Cl2NO3. The van der Waals surface area contributed by atoms with Gasteiger partial charge in [-0.2, -0.15) is 0 Å². The van der Waals surface area contributed by atoms with E-state index >= 15 is 0 Å². The van der Waals surface area contributed by atoms with Gasteiger partial charge in [0.15, 0.2) is 5.76 Å². The largest absolute Gasteiger partial charge is 0.485 e. The zero-order valence-corrected chi connectivity index (χ0v) is 15.9. The number of nitrogens with one attached hydrogen (secondary N) is 1. The summed E-state index contributed by atoms with van der Waals surface area (Å²) in [6.07, 6.45) is 2.53. The van der Waals surface area contributed by atoms with Crippen LogP contribution in [0.5, 0.6) is 5.75 Å². The second-order valence-corrected chi connectivity index (χ2v) is 6.52. The van der Waals surface area contributed by atoms with Crippen LogP contribution in [0, 0.1) is 0 Å². The fourth-order valence-corrected chi connectivity index (χ4v) is 2.98. The van der Waals surface area contributed by atoms with E-state index in [4.69, 9.17) is 32.4 Å². The number of halogens is 2. The minimum Gasteiger partial charge on any atom is -0.485 e. The maximum Gasteiger partial charge on any atom is 0.291 e. The monoisotopic (exact) mass is 401 g/mol. The first kappa shape index (κ1) is 19.1. The first-order valence-electron chi connectivity index (χ1n) is 8.24. The van der Waals surface area contributed by atoms with Gasteiger partial charge in [-0.25, -0.2) is 0 Å². The summed E-state index contributed by atoms with van der Waals surface area (Å²) in [5.74, 6) is 0.980. The van der Waals surface area contributed by atoms with Crippen molar-refractivity contribution in [2.45, 2.75) is 13.0 Å². The Hall–Kier alpha value is -2.69. The Labute approximate surface area is 167 Å². The van der Waals surface area contributed by atoms with E-state index < -0.39 is 5.91 Å². The van der Waals surface area contributed by atoms with Crippen molar-refractivity contribution in [1.82, 2.24) is 0 Å². The molecular weight excluding hydrogens is 385 g/mol.